The lowest BCUT2D eigenvalue weighted by molar-refractivity contribution is 0.0957. The van der Waals surface area contributed by atoms with Gasteiger partial charge in [-0.1, -0.05) is 6.92 Å². The quantitative estimate of drug-likeness (QED) is 0.855. The van der Waals surface area contributed by atoms with Crippen LogP contribution in [-0.4, -0.2) is 60.3 Å². The number of nitrogens with one attached hydrogen (secondary N) is 1. The maximum absolute atomic E-state index is 11.4. The molecule has 2 rings (SSSR count). The lowest BCUT2D eigenvalue weighted by atomic mass is 10.2. The second-order valence-corrected chi connectivity index (χ2v) is 4.93. The molecule has 0 spiro atoms. The van der Waals surface area contributed by atoms with E-state index in [0.717, 1.165) is 38.4 Å². The van der Waals surface area contributed by atoms with Crippen molar-refractivity contribution in [2.45, 2.75) is 19.4 Å². The summed E-state index contributed by atoms with van der Waals surface area (Å²) in [4.78, 5) is 15.7. The number of rotatable bonds is 4. The summed E-state index contributed by atoms with van der Waals surface area (Å²) in [6.45, 7) is 5.33. The Morgan fingerprint density at radius 3 is 2.57 bits per heavy atom. The van der Waals surface area contributed by atoms with Crippen LogP contribution in [0, 0.1) is 11.3 Å². The molecule has 1 aliphatic rings. The van der Waals surface area contributed by atoms with Crippen molar-refractivity contribution < 1.29 is 4.79 Å². The monoisotopic (exact) mass is 288 g/mol. The Hall–Kier alpha value is -2.20. The Bertz CT molecular complexity index is 515. The van der Waals surface area contributed by atoms with Crippen molar-refractivity contribution >= 4 is 11.7 Å². The number of nitrogens with zero attached hydrogens (tertiary/aromatic N) is 5. The topological polar surface area (TPSA) is 85.2 Å². The molecule has 1 unspecified atom stereocenters. The molecule has 1 amide bonds. The molecule has 21 heavy (non-hydrogen) atoms. The Balaban J connectivity index is 1.96. The molecule has 0 aromatic carbocycles. The summed E-state index contributed by atoms with van der Waals surface area (Å²) in [5.41, 5.74) is 0.315. The first-order valence-electron chi connectivity index (χ1n) is 7.14. The van der Waals surface area contributed by atoms with Crippen LogP contribution in [0.5, 0.6) is 0 Å². The van der Waals surface area contributed by atoms with Crippen LogP contribution < -0.4 is 10.2 Å². The number of carbonyl (C=O) groups excluding carboxylic acids is 1. The summed E-state index contributed by atoms with van der Waals surface area (Å²) >= 11 is 0. The van der Waals surface area contributed by atoms with E-state index in [0.29, 0.717) is 5.69 Å². The average Bonchev–Trinajstić information content (AvgIpc) is 2.56. The van der Waals surface area contributed by atoms with E-state index in [1.165, 1.54) is 0 Å². The zero-order valence-corrected chi connectivity index (χ0v) is 12.4. The van der Waals surface area contributed by atoms with Crippen LogP contribution in [0.4, 0.5) is 5.82 Å². The Labute approximate surface area is 124 Å². The van der Waals surface area contributed by atoms with Crippen LogP contribution in [0.3, 0.4) is 0 Å². The van der Waals surface area contributed by atoms with Crippen LogP contribution in [0.2, 0.25) is 0 Å². The van der Waals surface area contributed by atoms with E-state index in [4.69, 9.17) is 5.26 Å². The number of amides is 1. The van der Waals surface area contributed by atoms with Crippen LogP contribution in [0.25, 0.3) is 0 Å². The standard InChI is InChI=1S/C14H20N6O/c1-3-11(10-15)19-6-8-20(9-7-19)13-5-4-12(17-18-13)14(21)16-2/h4-5,11H,3,6-9H2,1-2H3,(H,16,21). The maximum atomic E-state index is 11.4. The zero-order valence-electron chi connectivity index (χ0n) is 12.4. The molecule has 0 saturated carbocycles. The van der Waals surface area contributed by atoms with E-state index < -0.39 is 0 Å². The lowest BCUT2D eigenvalue weighted by Gasteiger charge is -2.37. The highest BCUT2D eigenvalue weighted by Gasteiger charge is 2.23. The number of aromatic nitrogens is 2. The molecular weight excluding hydrogens is 268 g/mol. The van der Waals surface area contributed by atoms with Gasteiger partial charge in [0.2, 0.25) is 0 Å². The Kier molecular flexibility index (Phi) is 5.06. The number of carbonyl (C=O) groups is 1. The third-order valence-electron chi connectivity index (χ3n) is 3.72. The van der Waals surface area contributed by atoms with Gasteiger partial charge in [-0.05, 0) is 18.6 Å². The van der Waals surface area contributed by atoms with Gasteiger partial charge in [0, 0.05) is 33.2 Å². The van der Waals surface area contributed by atoms with Crippen molar-refractivity contribution in [3.05, 3.63) is 17.8 Å². The van der Waals surface area contributed by atoms with E-state index in [-0.39, 0.29) is 11.9 Å². The molecule has 1 aliphatic heterocycles. The van der Waals surface area contributed by atoms with E-state index in [9.17, 15) is 4.79 Å². The number of anilines is 1. The average molecular weight is 288 g/mol. The number of hydrogen-bond acceptors (Lipinski definition) is 6. The summed E-state index contributed by atoms with van der Waals surface area (Å²) in [5.74, 6) is 0.533. The fourth-order valence-electron chi connectivity index (χ4n) is 2.44. The fourth-order valence-corrected chi connectivity index (χ4v) is 2.44. The van der Waals surface area contributed by atoms with Crippen LogP contribution in [0.15, 0.2) is 12.1 Å². The van der Waals surface area contributed by atoms with Gasteiger partial charge in [-0.15, -0.1) is 10.2 Å². The predicted octanol–water partition coefficient (Wildman–Crippen LogP) is 0.260. The second kappa shape index (κ2) is 6.99. The summed E-state index contributed by atoms with van der Waals surface area (Å²) < 4.78 is 0. The van der Waals surface area contributed by atoms with E-state index in [2.05, 4.69) is 31.4 Å². The molecule has 1 fully saturated rings. The predicted molar refractivity (Wildman–Crippen MR) is 78.9 cm³/mol. The SMILES string of the molecule is CCC(C#N)N1CCN(c2ccc(C(=O)NC)nn2)CC1. The number of nitriles is 1. The number of hydrogen-bond donors (Lipinski definition) is 1. The minimum Gasteiger partial charge on any atom is -0.354 e. The molecular formula is C14H20N6O. The van der Waals surface area contributed by atoms with Crippen LogP contribution >= 0.6 is 0 Å². The first-order chi connectivity index (χ1) is 10.2. The van der Waals surface area contributed by atoms with Gasteiger partial charge in [0.05, 0.1) is 12.1 Å². The third-order valence-corrected chi connectivity index (χ3v) is 3.72. The minimum atomic E-state index is -0.237. The second-order valence-electron chi connectivity index (χ2n) is 4.93. The third kappa shape index (κ3) is 3.47. The summed E-state index contributed by atoms with van der Waals surface area (Å²) in [5, 5.41) is 19.7. The molecule has 2 heterocycles. The molecule has 7 nitrogen and oxygen atoms in total. The van der Waals surface area contributed by atoms with Crippen molar-refractivity contribution in [2.24, 2.45) is 0 Å². The molecule has 1 atom stereocenters. The van der Waals surface area contributed by atoms with Gasteiger partial charge in [0.25, 0.3) is 5.91 Å². The highest BCUT2D eigenvalue weighted by atomic mass is 16.1. The summed E-state index contributed by atoms with van der Waals surface area (Å²) in [6, 6.07) is 5.82. The van der Waals surface area contributed by atoms with Crippen molar-refractivity contribution in [2.75, 3.05) is 38.1 Å². The fraction of sp³-hybridized carbons (Fsp3) is 0.571. The van der Waals surface area contributed by atoms with E-state index in [1.54, 1.807) is 13.1 Å². The van der Waals surface area contributed by atoms with Gasteiger partial charge in [-0.2, -0.15) is 5.26 Å². The highest BCUT2D eigenvalue weighted by Crippen LogP contribution is 2.15. The summed E-state index contributed by atoms with van der Waals surface area (Å²) in [6.07, 6.45) is 0.844. The van der Waals surface area contributed by atoms with Gasteiger partial charge in [0.1, 0.15) is 0 Å². The normalized spacial score (nSPS) is 17.1. The lowest BCUT2D eigenvalue weighted by Crippen LogP contribution is -2.50. The molecule has 1 aromatic rings. The molecule has 0 radical (unpaired) electrons. The minimum absolute atomic E-state index is 0.00568. The van der Waals surface area contributed by atoms with Crippen molar-refractivity contribution in [3.8, 4) is 6.07 Å². The maximum Gasteiger partial charge on any atom is 0.271 e. The highest BCUT2D eigenvalue weighted by molar-refractivity contribution is 5.91. The first-order valence-corrected chi connectivity index (χ1v) is 7.14. The first kappa shape index (κ1) is 15.2. The van der Waals surface area contributed by atoms with Crippen molar-refractivity contribution in [1.82, 2.24) is 20.4 Å². The Morgan fingerprint density at radius 2 is 2.10 bits per heavy atom. The Morgan fingerprint density at radius 1 is 1.38 bits per heavy atom. The van der Waals surface area contributed by atoms with E-state index >= 15 is 0 Å². The van der Waals surface area contributed by atoms with Crippen molar-refractivity contribution in [3.63, 3.8) is 0 Å². The van der Waals surface area contributed by atoms with Crippen LogP contribution in [-0.2, 0) is 0 Å². The van der Waals surface area contributed by atoms with Gasteiger partial charge >= 0.3 is 0 Å². The number of piperazine rings is 1. The molecule has 1 saturated heterocycles. The van der Waals surface area contributed by atoms with Gasteiger partial charge in [-0.25, -0.2) is 0 Å². The largest absolute Gasteiger partial charge is 0.354 e. The smallest absolute Gasteiger partial charge is 0.271 e. The van der Waals surface area contributed by atoms with E-state index in [1.807, 2.05) is 13.0 Å². The van der Waals surface area contributed by atoms with Gasteiger partial charge in [-0.3, -0.25) is 9.69 Å². The van der Waals surface area contributed by atoms with Gasteiger partial charge < -0.3 is 10.2 Å². The molecule has 0 aliphatic carbocycles. The molecule has 1 aromatic heterocycles. The molecule has 0 bridgehead atoms. The van der Waals surface area contributed by atoms with Gasteiger partial charge in [0.15, 0.2) is 11.5 Å². The molecule has 7 heteroatoms. The molecule has 1 N–H and O–H groups in total. The van der Waals surface area contributed by atoms with Crippen molar-refractivity contribution in [1.29, 1.82) is 5.26 Å². The molecule has 112 valence electrons. The summed E-state index contributed by atoms with van der Waals surface area (Å²) in [7, 11) is 1.57. The zero-order chi connectivity index (χ0) is 15.2. The van der Waals surface area contributed by atoms with Crippen LogP contribution in [0.1, 0.15) is 23.8 Å².